The van der Waals surface area contributed by atoms with Crippen molar-refractivity contribution in [2.45, 2.75) is 57.2 Å². The molecule has 0 aliphatic heterocycles. The third-order valence-corrected chi connectivity index (χ3v) is 4.12. The molecule has 0 spiro atoms. The zero-order valence-corrected chi connectivity index (χ0v) is 8.62. The molecule has 2 fully saturated rings. The SMILES string of the molecule is CC12CCCC(=O)C1(O)CCC(O)C2. The van der Waals surface area contributed by atoms with Crippen molar-refractivity contribution in [2.75, 3.05) is 0 Å². The van der Waals surface area contributed by atoms with Crippen molar-refractivity contribution < 1.29 is 15.0 Å². The van der Waals surface area contributed by atoms with Gasteiger partial charge in [-0.3, -0.25) is 4.79 Å². The van der Waals surface area contributed by atoms with Crippen molar-refractivity contribution in [3.63, 3.8) is 0 Å². The van der Waals surface area contributed by atoms with Gasteiger partial charge in [0.1, 0.15) is 5.60 Å². The maximum atomic E-state index is 11.7. The van der Waals surface area contributed by atoms with Crippen molar-refractivity contribution in [1.29, 1.82) is 0 Å². The Kier molecular flexibility index (Phi) is 2.20. The number of aliphatic hydroxyl groups excluding tert-OH is 1. The highest BCUT2D eigenvalue weighted by molar-refractivity contribution is 5.89. The van der Waals surface area contributed by atoms with Crippen molar-refractivity contribution in [3.05, 3.63) is 0 Å². The summed E-state index contributed by atoms with van der Waals surface area (Å²) < 4.78 is 0. The average Bonchev–Trinajstić information content (AvgIpc) is 2.10. The Hall–Kier alpha value is -0.410. The molecule has 0 aromatic heterocycles. The van der Waals surface area contributed by atoms with Crippen LogP contribution in [0.15, 0.2) is 0 Å². The van der Waals surface area contributed by atoms with Gasteiger partial charge < -0.3 is 10.2 Å². The molecule has 3 atom stereocenters. The van der Waals surface area contributed by atoms with E-state index in [2.05, 4.69) is 0 Å². The molecule has 0 amide bonds. The summed E-state index contributed by atoms with van der Waals surface area (Å²) in [5.74, 6) is -0.0156. The number of fused-ring (bicyclic) bond motifs is 1. The fraction of sp³-hybridized carbons (Fsp3) is 0.909. The predicted octanol–water partition coefficient (Wildman–Crippen LogP) is 1.02. The molecule has 0 bridgehead atoms. The molecular formula is C11H18O3. The first-order valence-corrected chi connectivity index (χ1v) is 5.42. The van der Waals surface area contributed by atoms with Crippen LogP contribution in [-0.2, 0) is 4.79 Å². The van der Waals surface area contributed by atoms with Crippen molar-refractivity contribution in [2.24, 2.45) is 5.41 Å². The molecular weight excluding hydrogens is 180 g/mol. The van der Waals surface area contributed by atoms with E-state index < -0.39 is 5.60 Å². The van der Waals surface area contributed by atoms with Crippen LogP contribution in [0.3, 0.4) is 0 Å². The van der Waals surface area contributed by atoms with Crippen LogP contribution >= 0.6 is 0 Å². The normalized spacial score (nSPS) is 48.8. The van der Waals surface area contributed by atoms with Crippen LogP contribution in [0.2, 0.25) is 0 Å². The maximum absolute atomic E-state index is 11.7. The molecule has 80 valence electrons. The summed E-state index contributed by atoms with van der Waals surface area (Å²) in [5, 5.41) is 20.0. The number of ketones is 1. The molecule has 2 rings (SSSR count). The number of carbonyl (C=O) groups excluding carboxylic acids is 1. The predicted molar refractivity (Wildman–Crippen MR) is 51.8 cm³/mol. The van der Waals surface area contributed by atoms with Gasteiger partial charge in [0.25, 0.3) is 0 Å². The summed E-state index contributed by atoms with van der Waals surface area (Å²) >= 11 is 0. The number of rotatable bonds is 0. The van der Waals surface area contributed by atoms with E-state index in [-0.39, 0.29) is 17.3 Å². The summed E-state index contributed by atoms with van der Waals surface area (Å²) in [6.07, 6.45) is 3.42. The second-order valence-corrected chi connectivity index (χ2v) is 5.09. The molecule has 0 aromatic carbocycles. The molecule has 0 heterocycles. The zero-order chi connectivity index (χ0) is 10.4. The van der Waals surface area contributed by atoms with Crippen LogP contribution in [0.25, 0.3) is 0 Å². The maximum Gasteiger partial charge on any atom is 0.164 e. The molecule has 0 saturated heterocycles. The van der Waals surface area contributed by atoms with Gasteiger partial charge in [0, 0.05) is 11.8 Å². The first kappa shape index (κ1) is 10.1. The fourth-order valence-corrected chi connectivity index (χ4v) is 3.10. The van der Waals surface area contributed by atoms with Gasteiger partial charge in [0.05, 0.1) is 6.10 Å². The lowest BCUT2D eigenvalue weighted by molar-refractivity contribution is -0.176. The molecule has 0 aromatic rings. The number of aliphatic hydroxyl groups is 2. The highest BCUT2D eigenvalue weighted by atomic mass is 16.3. The van der Waals surface area contributed by atoms with Gasteiger partial charge in [-0.25, -0.2) is 0 Å². The monoisotopic (exact) mass is 198 g/mol. The van der Waals surface area contributed by atoms with Crippen LogP contribution in [0, 0.1) is 5.41 Å². The molecule has 2 aliphatic carbocycles. The molecule has 3 nitrogen and oxygen atoms in total. The van der Waals surface area contributed by atoms with E-state index in [0.29, 0.717) is 25.7 Å². The van der Waals surface area contributed by atoms with Gasteiger partial charge >= 0.3 is 0 Å². The van der Waals surface area contributed by atoms with E-state index in [4.69, 9.17) is 0 Å². The highest BCUT2D eigenvalue weighted by Gasteiger charge is 2.56. The number of hydrogen-bond acceptors (Lipinski definition) is 3. The molecule has 0 radical (unpaired) electrons. The molecule has 2 aliphatic rings. The molecule has 3 unspecified atom stereocenters. The van der Waals surface area contributed by atoms with Gasteiger partial charge in [-0.05, 0) is 32.1 Å². The largest absolute Gasteiger partial charge is 0.393 e. The highest BCUT2D eigenvalue weighted by Crippen LogP contribution is 2.51. The lowest BCUT2D eigenvalue weighted by Crippen LogP contribution is -2.59. The van der Waals surface area contributed by atoms with Crippen molar-refractivity contribution >= 4 is 5.78 Å². The molecule has 14 heavy (non-hydrogen) atoms. The number of hydrogen-bond donors (Lipinski definition) is 2. The lowest BCUT2D eigenvalue weighted by atomic mass is 9.56. The minimum atomic E-state index is -1.15. The van der Waals surface area contributed by atoms with E-state index in [1.165, 1.54) is 0 Å². The Bertz CT molecular complexity index is 263. The topological polar surface area (TPSA) is 57.5 Å². The Labute approximate surface area is 84.1 Å². The Balaban J connectivity index is 2.31. The van der Waals surface area contributed by atoms with Gasteiger partial charge in [-0.1, -0.05) is 6.92 Å². The van der Waals surface area contributed by atoms with Crippen LogP contribution in [0.5, 0.6) is 0 Å². The number of carbonyl (C=O) groups is 1. The smallest absolute Gasteiger partial charge is 0.164 e. The minimum absolute atomic E-state index is 0.0156. The van der Waals surface area contributed by atoms with E-state index in [9.17, 15) is 15.0 Å². The lowest BCUT2D eigenvalue weighted by Gasteiger charge is -2.51. The van der Waals surface area contributed by atoms with Crippen LogP contribution in [0.1, 0.15) is 45.4 Å². The first-order valence-electron chi connectivity index (χ1n) is 5.42. The zero-order valence-electron chi connectivity index (χ0n) is 8.62. The second kappa shape index (κ2) is 3.04. The second-order valence-electron chi connectivity index (χ2n) is 5.09. The van der Waals surface area contributed by atoms with Crippen LogP contribution < -0.4 is 0 Å². The Morgan fingerprint density at radius 2 is 2.14 bits per heavy atom. The molecule has 2 saturated carbocycles. The molecule has 3 heteroatoms. The summed E-state index contributed by atoms with van der Waals surface area (Å²) in [4.78, 5) is 11.7. The van der Waals surface area contributed by atoms with Crippen LogP contribution in [-0.4, -0.2) is 27.7 Å². The van der Waals surface area contributed by atoms with E-state index in [0.717, 1.165) is 12.8 Å². The average molecular weight is 198 g/mol. The summed E-state index contributed by atoms with van der Waals surface area (Å²) in [7, 11) is 0. The van der Waals surface area contributed by atoms with Gasteiger partial charge in [-0.15, -0.1) is 0 Å². The van der Waals surface area contributed by atoms with E-state index in [1.807, 2.05) is 6.92 Å². The molecule has 2 N–H and O–H groups in total. The van der Waals surface area contributed by atoms with Gasteiger partial charge in [-0.2, -0.15) is 0 Å². The van der Waals surface area contributed by atoms with E-state index >= 15 is 0 Å². The third-order valence-electron chi connectivity index (χ3n) is 4.12. The van der Waals surface area contributed by atoms with Crippen molar-refractivity contribution in [3.8, 4) is 0 Å². The standard InChI is InChI=1S/C11H18O3/c1-10-5-2-3-9(13)11(10,14)6-4-8(12)7-10/h8,12,14H,2-7H2,1H3. The number of Topliss-reactive ketones (excluding diaryl/α,β-unsaturated/α-hetero) is 1. The third kappa shape index (κ3) is 1.22. The Morgan fingerprint density at radius 3 is 2.86 bits per heavy atom. The Morgan fingerprint density at radius 1 is 1.43 bits per heavy atom. The van der Waals surface area contributed by atoms with Gasteiger partial charge in [0.15, 0.2) is 5.78 Å². The van der Waals surface area contributed by atoms with E-state index in [1.54, 1.807) is 0 Å². The van der Waals surface area contributed by atoms with Gasteiger partial charge in [0.2, 0.25) is 0 Å². The minimum Gasteiger partial charge on any atom is -0.393 e. The summed E-state index contributed by atoms with van der Waals surface area (Å²) in [5.41, 5.74) is -1.54. The summed E-state index contributed by atoms with van der Waals surface area (Å²) in [6, 6.07) is 0. The first-order chi connectivity index (χ1) is 6.48. The van der Waals surface area contributed by atoms with Crippen LogP contribution in [0.4, 0.5) is 0 Å². The quantitative estimate of drug-likeness (QED) is 0.611. The fourth-order valence-electron chi connectivity index (χ4n) is 3.10. The summed E-state index contributed by atoms with van der Waals surface area (Å²) in [6.45, 7) is 1.94. The van der Waals surface area contributed by atoms with Crippen molar-refractivity contribution in [1.82, 2.24) is 0 Å².